The molecule has 1 N–H and O–H groups in total. The van der Waals surface area contributed by atoms with E-state index in [1.807, 2.05) is 11.3 Å². The normalized spacial score (nSPS) is 27.1. The minimum absolute atomic E-state index is 0.718. The third kappa shape index (κ3) is 4.31. The zero-order valence-electron chi connectivity index (χ0n) is 13.3. The molecule has 20 heavy (non-hydrogen) atoms. The molecule has 0 spiro atoms. The first-order chi connectivity index (χ1) is 9.76. The molecule has 0 aromatic carbocycles. The van der Waals surface area contributed by atoms with Crippen LogP contribution in [0.5, 0.6) is 0 Å². The molecule has 1 heterocycles. The van der Waals surface area contributed by atoms with Crippen molar-refractivity contribution in [3.63, 3.8) is 0 Å². The average molecular weight is 295 g/mol. The second-order valence-corrected chi connectivity index (χ2v) is 7.18. The number of thiophene rings is 1. The maximum Gasteiger partial charge on any atom is 0.0327 e. The van der Waals surface area contributed by atoms with E-state index in [-0.39, 0.29) is 0 Å². The zero-order chi connectivity index (χ0) is 14.4. The van der Waals surface area contributed by atoms with E-state index < -0.39 is 0 Å². The van der Waals surface area contributed by atoms with Crippen LogP contribution in [0.2, 0.25) is 0 Å². The van der Waals surface area contributed by atoms with E-state index in [0.717, 1.165) is 31.0 Å². The molecule has 1 aliphatic carbocycles. The fourth-order valence-corrected chi connectivity index (χ4v) is 4.32. The molecule has 1 fully saturated rings. The summed E-state index contributed by atoms with van der Waals surface area (Å²) in [6, 6.07) is 5.14. The Morgan fingerprint density at radius 1 is 1.35 bits per heavy atom. The van der Waals surface area contributed by atoms with Crippen LogP contribution in [0.1, 0.15) is 44.4 Å². The van der Waals surface area contributed by atoms with Gasteiger partial charge >= 0.3 is 0 Å². The van der Waals surface area contributed by atoms with Crippen LogP contribution in [0, 0.1) is 11.8 Å². The zero-order valence-corrected chi connectivity index (χ0v) is 14.1. The van der Waals surface area contributed by atoms with E-state index in [2.05, 4.69) is 48.6 Å². The van der Waals surface area contributed by atoms with Crippen molar-refractivity contribution in [2.45, 2.75) is 52.1 Å². The Bertz CT molecular complexity index is 363. The van der Waals surface area contributed by atoms with Gasteiger partial charge < -0.3 is 5.32 Å². The monoisotopic (exact) mass is 294 g/mol. The second kappa shape index (κ2) is 8.16. The first-order valence-electron chi connectivity index (χ1n) is 8.18. The van der Waals surface area contributed by atoms with Crippen molar-refractivity contribution in [3.8, 4) is 0 Å². The number of nitrogens with one attached hydrogen (secondary N) is 1. The summed E-state index contributed by atoms with van der Waals surface area (Å²) in [5.41, 5.74) is 0. The number of rotatable bonds is 7. The Morgan fingerprint density at radius 2 is 2.20 bits per heavy atom. The predicted octanol–water partition coefficient (Wildman–Crippen LogP) is 3.98. The molecule has 0 amide bonds. The first-order valence-corrected chi connectivity index (χ1v) is 9.06. The van der Waals surface area contributed by atoms with Crippen LogP contribution in [0.15, 0.2) is 17.5 Å². The lowest BCUT2D eigenvalue weighted by Gasteiger charge is -2.38. The highest BCUT2D eigenvalue weighted by Gasteiger charge is 2.29. The molecule has 0 radical (unpaired) electrons. The smallest absolute Gasteiger partial charge is 0.0327 e. The maximum absolute atomic E-state index is 3.56. The highest BCUT2D eigenvalue weighted by Crippen LogP contribution is 2.32. The Kier molecular flexibility index (Phi) is 6.53. The van der Waals surface area contributed by atoms with Gasteiger partial charge in [-0.15, -0.1) is 11.3 Å². The first kappa shape index (κ1) is 16.0. The molecule has 2 rings (SSSR count). The van der Waals surface area contributed by atoms with Crippen molar-refractivity contribution < 1.29 is 0 Å². The van der Waals surface area contributed by atoms with Crippen LogP contribution in [0.25, 0.3) is 0 Å². The van der Waals surface area contributed by atoms with Crippen LogP contribution in [-0.2, 0) is 6.54 Å². The van der Waals surface area contributed by atoms with Gasteiger partial charge in [0.2, 0.25) is 0 Å². The maximum atomic E-state index is 3.56. The van der Waals surface area contributed by atoms with E-state index in [1.165, 1.54) is 37.1 Å². The van der Waals surface area contributed by atoms with Gasteiger partial charge in [-0.25, -0.2) is 0 Å². The van der Waals surface area contributed by atoms with Crippen LogP contribution in [0.4, 0.5) is 0 Å². The fraction of sp³-hybridized carbons (Fsp3) is 0.765. The molecule has 0 saturated heterocycles. The summed E-state index contributed by atoms with van der Waals surface area (Å²) in [5.74, 6) is 1.77. The predicted molar refractivity (Wildman–Crippen MR) is 89.2 cm³/mol. The number of nitrogens with zero attached hydrogens (tertiary/aromatic N) is 1. The quantitative estimate of drug-likeness (QED) is 0.818. The van der Waals surface area contributed by atoms with Gasteiger partial charge in [-0.1, -0.05) is 26.3 Å². The van der Waals surface area contributed by atoms with E-state index in [1.54, 1.807) is 0 Å². The molecule has 1 aromatic heterocycles. The Hall–Kier alpha value is -0.380. The largest absolute Gasteiger partial charge is 0.317 e. The standard InChI is InChI=1S/C17H30N2S/c1-4-14-8-9-17(18-3)15(11-14)12-19(5-2)13-16-7-6-10-20-16/h6-7,10,14-15,17-18H,4-5,8-9,11-13H2,1-3H3. The molecule has 1 aliphatic rings. The molecular formula is C17H30N2S. The highest BCUT2D eigenvalue weighted by molar-refractivity contribution is 7.09. The average Bonchev–Trinajstić information content (AvgIpc) is 2.99. The van der Waals surface area contributed by atoms with Gasteiger partial charge in [0.05, 0.1) is 0 Å². The SMILES string of the molecule is CCC1CCC(NC)C(CN(CC)Cc2cccs2)C1. The topological polar surface area (TPSA) is 15.3 Å². The van der Waals surface area contributed by atoms with Crippen molar-refractivity contribution in [3.05, 3.63) is 22.4 Å². The molecule has 3 heteroatoms. The summed E-state index contributed by atoms with van der Waals surface area (Å²) in [5, 5.41) is 5.75. The van der Waals surface area contributed by atoms with Crippen molar-refractivity contribution in [1.82, 2.24) is 10.2 Å². The van der Waals surface area contributed by atoms with Gasteiger partial charge in [0.15, 0.2) is 0 Å². The molecule has 0 aliphatic heterocycles. The van der Waals surface area contributed by atoms with Crippen molar-refractivity contribution >= 4 is 11.3 Å². The number of hydrogen-bond acceptors (Lipinski definition) is 3. The van der Waals surface area contributed by atoms with Gasteiger partial charge in [0, 0.05) is 24.0 Å². The second-order valence-electron chi connectivity index (χ2n) is 6.15. The molecule has 1 saturated carbocycles. The van der Waals surface area contributed by atoms with Crippen LogP contribution >= 0.6 is 11.3 Å². The molecule has 0 bridgehead atoms. The van der Waals surface area contributed by atoms with E-state index in [9.17, 15) is 0 Å². The minimum atomic E-state index is 0.718. The van der Waals surface area contributed by atoms with Gasteiger partial charge in [-0.2, -0.15) is 0 Å². The van der Waals surface area contributed by atoms with Crippen molar-refractivity contribution in [2.24, 2.45) is 11.8 Å². The Labute approximate surface area is 128 Å². The summed E-state index contributed by atoms with van der Waals surface area (Å²) in [7, 11) is 2.14. The summed E-state index contributed by atoms with van der Waals surface area (Å²) in [6.07, 6.45) is 5.53. The van der Waals surface area contributed by atoms with Crippen molar-refractivity contribution in [1.29, 1.82) is 0 Å². The highest BCUT2D eigenvalue weighted by atomic mass is 32.1. The third-order valence-electron chi connectivity index (χ3n) is 4.94. The fourth-order valence-electron chi connectivity index (χ4n) is 3.57. The Balaban J connectivity index is 1.93. The van der Waals surface area contributed by atoms with Crippen molar-refractivity contribution in [2.75, 3.05) is 20.1 Å². The van der Waals surface area contributed by atoms with Crippen LogP contribution in [0.3, 0.4) is 0 Å². The molecule has 114 valence electrons. The summed E-state index contributed by atoms with van der Waals surface area (Å²) < 4.78 is 0. The molecule has 3 atom stereocenters. The van der Waals surface area contributed by atoms with Gasteiger partial charge in [0.25, 0.3) is 0 Å². The van der Waals surface area contributed by atoms with E-state index in [0.29, 0.717) is 0 Å². The lowest BCUT2D eigenvalue weighted by atomic mass is 9.76. The minimum Gasteiger partial charge on any atom is -0.317 e. The van der Waals surface area contributed by atoms with E-state index >= 15 is 0 Å². The third-order valence-corrected chi connectivity index (χ3v) is 5.80. The molecule has 3 unspecified atom stereocenters. The number of hydrogen-bond donors (Lipinski definition) is 1. The Morgan fingerprint density at radius 3 is 2.80 bits per heavy atom. The van der Waals surface area contributed by atoms with Crippen LogP contribution < -0.4 is 5.32 Å². The van der Waals surface area contributed by atoms with Gasteiger partial charge in [0.1, 0.15) is 0 Å². The van der Waals surface area contributed by atoms with E-state index in [4.69, 9.17) is 0 Å². The molecule has 1 aromatic rings. The lowest BCUT2D eigenvalue weighted by Crippen LogP contribution is -2.44. The van der Waals surface area contributed by atoms with Gasteiger partial charge in [-0.05, 0) is 56.1 Å². The molecule has 2 nitrogen and oxygen atoms in total. The van der Waals surface area contributed by atoms with Crippen LogP contribution in [-0.4, -0.2) is 31.1 Å². The summed E-state index contributed by atoms with van der Waals surface area (Å²) >= 11 is 1.88. The summed E-state index contributed by atoms with van der Waals surface area (Å²) in [6.45, 7) is 8.17. The summed E-state index contributed by atoms with van der Waals surface area (Å²) in [4.78, 5) is 4.12. The van der Waals surface area contributed by atoms with Gasteiger partial charge in [-0.3, -0.25) is 4.90 Å². The lowest BCUT2D eigenvalue weighted by molar-refractivity contribution is 0.141. The molecular weight excluding hydrogens is 264 g/mol.